The highest BCUT2D eigenvalue weighted by atomic mass is 16.5. The number of aromatic nitrogens is 2. The Morgan fingerprint density at radius 1 is 1.24 bits per heavy atom. The molecule has 0 spiro atoms. The molecule has 0 amide bonds. The van der Waals surface area contributed by atoms with Crippen molar-refractivity contribution in [3.8, 4) is 17.0 Å². The quantitative estimate of drug-likeness (QED) is 0.831. The first-order valence-electron chi connectivity index (χ1n) is 5.06. The van der Waals surface area contributed by atoms with E-state index in [1.54, 1.807) is 31.4 Å². The van der Waals surface area contributed by atoms with Gasteiger partial charge in [-0.1, -0.05) is 12.1 Å². The van der Waals surface area contributed by atoms with E-state index in [1.165, 1.54) is 13.1 Å². The zero-order chi connectivity index (χ0) is 12.4. The second-order valence-corrected chi connectivity index (χ2v) is 3.62. The second-order valence-electron chi connectivity index (χ2n) is 3.62. The lowest BCUT2D eigenvalue weighted by molar-refractivity contribution is 0.415. The van der Waals surface area contributed by atoms with Crippen LogP contribution in [0.15, 0.2) is 39.9 Å². The van der Waals surface area contributed by atoms with Crippen LogP contribution in [-0.2, 0) is 7.05 Å². The highest BCUT2D eigenvalue weighted by molar-refractivity contribution is 5.60. The van der Waals surface area contributed by atoms with Gasteiger partial charge in [-0.15, -0.1) is 0 Å². The fourth-order valence-corrected chi connectivity index (χ4v) is 1.50. The zero-order valence-electron chi connectivity index (χ0n) is 9.56. The summed E-state index contributed by atoms with van der Waals surface area (Å²) in [7, 11) is 2.99. The number of aromatic amines is 1. The third-order valence-electron chi connectivity index (χ3n) is 2.53. The molecule has 5 heteroatoms. The van der Waals surface area contributed by atoms with Gasteiger partial charge in [0, 0.05) is 18.7 Å². The molecule has 2 rings (SSSR count). The van der Waals surface area contributed by atoms with E-state index in [2.05, 4.69) is 4.98 Å². The van der Waals surface area contributed by atoms with Crippen LogP contribution < -0.4 is 16.0 Å². The van der Waals surface area contributed by atoms with Crippen LogP contribution in [0.2, 0.25) is 0 Å². The van der Waals surface area contributed by atoms with Crippen LogP contribution in [0.5, 0.6) is 5.75 Å². The molecule has 1 aromatic heterocycles. The number of hydrogen-bond acceptors (Lipinski definition) is 3. The molecule has 0 bridgehead atoms. The van der Waals surface area contributed by atoms with Crippen LogP contribution in [0.4, 0.5) is 0 Å². The van der Waals surface area contributed by atoms with Gasteiger partial charge in [-0.05, 0) is 12.1 Å². The van der Waals surface area contributed by atoms with Crippen molar-refractivity contribution in [3.05, 3.63) is 51.2 Å². The summed E-state index contributed by atoms with van der Waals surface area (Å²) in [6.45, 7) is 0. The number of nitrogens with one attached hydrogen (secondary N) is 1. The Labute approximate surface area is 97.3 Å². The predicted molar refractivity (Wildman–Crippen MR) is 64.3 cm³/mol. The van der Waals surface area contributed by atoms with Crippen molar-refractivity contribution >= 4 is 0 Å². The molecule has 0 saturated heterocycles. The molecule has 1 heterocycles. The van der Waals surface area contributed by atoms with E-state index in [0.717, 1.165) is 10.1 Å². The van der Waals surface area contributed by atoms with Gasteiger partial charge in [-0.3, -0.25) is 9.36 Å². The number of methoxy groups -OCH3 is 1. The average molecular weight is 232 g/mol. The number of benzene rings is 1. The minimum Gasteiger partial charge on any atom is -0.497 e. The highest BCUT2D eigenvalue weighted by Gasteiger charge is 2.04. The SMILES string of the molecule is COc1cccc(-c2cc(=O)n(C)c(=O)[nH]2)c1. The molecule has 0 fully saturated rings. The van der Waals surface area contributed by atoms with Crippen LogP contribution in [0, 0.1) is 0 Å². The average Bonchev–Trinajstić information content (AvgIpc) is 2.35. The lowest BCUT2D eigenvalue weighted by atomic mass is 10.1. The molecule has 2 aromatic rings. The third-order valence-corrected chi connectivity index (χ3v) is 2.53. The lowest BCUT2D eigenvalue weighted by Gasteiger charge is -2.05. The normalized spacial score (nSPS) is 10.2. The van der Waals surface area contributed by atoms with Gasteiger partial charge in [-0.25, -0.2) is 4.79 Å². The molecule has 0 aliphatic carbocycles. The van der Waals surface area contributed by atoms with Crippen molar-refractivity contribution in [3.63, 3.8) is 0 Å². The molecule has 5 nitrogen and oxygen atoms in total. The molecular formula is C12H12N2O3. The molecule has 88 valence electrons. The Balaban J connectivity index is 2.61. The first-order valence-corrected chi connectivity index (χ1v) is 5.06. The number of H-pyrrole nitrogens is 1. The van der Waals surface area contributed by atoms with E-state index in [9.17, 15) is 9.59 Å². The smallest absolute Gasteiger partial charge is 0.328 e. The van der Waals surface area contributed by atoms with Crippen LogP contribution >= 0.6 is 0 Å². The van der Waals surface area contributed by atoms with Crippen LogP contribution in [0.25, 0.3) is 11.3 Å². The van der Waals surface area contributed by atoms with Gasteiger partial charge in [0.25, 0.3) is 5.56 Å². The largest absolute Gasteiger partial charge is 0.497 e. The molecule has 0 saturated carbocycles. The van der Waals surface area contributed by atoms with E-state index in [1.807, 2.05) is 0 Å². The van der Waals surface area contributed by atoms with Gasteiger partial charge in [0.05, 0.1) is 12.8 Å². The lowest BCUT2D eigenvalue weighted by Crippen LogP contribution is -2.32. The van der Waals surface area contributed by atoms with Crippen molar-refractivity contribution in [2.75, 3.05) is 7.11 Å². The Bertz CT molecular complexity index is 624. The highest BCUT2D eigenvalue weighted by Crippen LogP contribution is 2.20. The first kappa shape index (κ1) is 11.2. The van der Waals surface area contributed by atoms with Crippen molar-refractivity contribution < 1.29 is 4.74 Å². The van der Waals surface area contributed by atoms with Crippen molar-refractivity contribution in [1.82, 2.24) is 9.55 Å². The van der Waals surface area contributed by atoms with E-state index in [0.29, 0.717) is 11.4 Å². The predicted octanol–water partition coefficient (Wildman–Crippen LogP) is 0.749. The van der Waals surface area contributed by atoms with Crippen molar-refractivity contribution in [1.29, 1.82) is 0 Å². The molecule has 0 aliphatic heterocycles. The van der Waals surface area contributed by atoms with Crippen LogP contribution in [0.1, 0.15) is 0 Å². The summed E-state index contributed by atoms with van der Waals surface area (Å²) in [6, 6.07) is 8.53. The topological polar surface area (TPSA) is 64.1 Å². The van der Waals surface area contributed by atoms with Gasteiger partial charge in [0.2, 0.25) is 0 Å². The fraction of sp³-hybridized carbons (Fsp3) is 0.167. The zero-order valence-corrected chi connectivity index (χ0v) is 9.56. The van der Waals surface area contributed by atoms with E-state index in [4.69, 9.17) is 4.74 Å². The van der Waals surface area contributed by atoms with Gasteiger partial charge >= 0.3 is 5.69 Å². The number of rotatable bonds is 2. The van der Waals surface area contributed by atoms with Crippen LogP contribution in [0.3, 0.4) is 0 Å². The molecule has 0 radical (unpaired) electrons. The molecule has 1 aromatic carbocycles. The monoisotopic (exact) mass is 232 g/mol. The standard InChI is InChI=1S/C12H12N2O3/c1-14-11(15)7-10(13-12(14)16)8-4-3-5-9(6-8)17-2/h3-7H,1-2H3,(H,13,16). The summed E-state index contributed by atoms with van der Waals surface area (Å²) in [4.78, 5) is 25.6. The molecule has 0 unspecified atom stereocenters. The number of ether oxygens (including phenoxy) is 1. The van der Waals surface area contributed by atoms with Crippen molar-refractivity contribution in [2.45, 2.75) is 0 Å². The second kappa shape index (κ2) is 4.29. The van der Waals surface area contributed by atoms with Gasteiger partial charge in [-0.2, -0.15) is 0 Å². The first-order chi connectivity index (χ1) is 8.11. The molecular weight excluding hydrogens is 220 g/mol. The maximum absolute atomic E-state index is 11.5. The maximum atomic E-state index is 11.5. The molecule has 0 aliphatic rings. The summed E-state index contributed by atoms with van der Waals surface area (Å²) < 4.78 is 6.10. The number of nitrogens with zero attached hydrogens (tertiary/aromatic N) is 1. The van der Waals surface area contributed by atoms with E-state index in [-0.39, 0.29) is 5.56 Å². The molecule has 0 atom stereocenters. The molecule has 1 N–H and O–H groups in total. The fourth-order valence-electron chi connectivity index (χ4n) is 1.50. The summed E-state index contributed by atoms with van der Waals surface area (Å²) in [6.07, 6.45) is 0. The minimum atomic E-state index is -0.435. The van der Waals surface area contributed by atoms with E-state index < -0.39 is 5.69 Å². The Hall–Kier alpha value is -2.30. The number of hydrogen-bond donors (Lipinski definition) is 1. The summed E-state index contributed by atoms with van der Waals surface area (Å²) in [5, 5.41) is 0. The third kappa shape index (κ3) is 2.13. The Morgan fingerprint density at radius 3 is 2.65 bits per heavy atom. The summed E-state index contributed by atoms with van der Waals surface area (Å²) in [5.74, 6) is 0.670. The van der Waals surface area contributed by atoms with E-state index >= 15 is 0 Å². The van der Waals surface area contributed by atoms with Gasteiger partial charge in [0.15, 0.2) is 0 Å². The van der Waals surface area contributed by atoms with Gasteiger partial charge < -0.3 is 9.72 Å². The maximum Gasteiger partial charge on any atom is 0.328 e. The Kier molecular flexibility index (Phi) is 2.82. The molecule has 17 heavy (non-hydrogen) atoms. The van der Waals surface area contributed by atoms with Gasteiger partial charge in [0.1, 0.15) is 5.75 Å². The Morgan fingerprint density at radius 2 is 2.00 bits per heavy atom. The van der Waals surface area contributed by atoms with Crippen LogP contribution in [-0.4, -0.2) is 16.7 Å². The summed E-state index contributed by atoms with van der Waals surface area (Å²) >= 11 is 0. The summed E-state index contributed by atoms with van der Waals surface area (Å²) in [5.41, 5.74) is 0.443. The van der Waals surface area contributed by atoms with Crippen molar-refractivity contribution in [2.24, 2.45) is 7.05 Å². The minimum absolute atomic E-state index is 0.341.